The van der Waals surface area contributed by atoms with Crippen molar-refractivity contribution in [3.63, 3.8) is 0 Å². The van der Waals surface area contributed by atoms with E-state index in [1.165, 1.54) is 0 Å². The molecule has 0 aliphatic carbocycles. The lowest BCUT2D eigenvalue weighted by molar-refractivity contribution is 0.0297. The Morgan fingerprint density at radius 1 is 1.35 bits per heavy atom. The highest BCUT2D eigenvalue weighted by molar-refractivity contribution is 5.26. The number of rotatable bonds is 7. The molecule has 0 radical (unpaired) electrons. The molecular weight excluding hydrogens is 214 g/mol. The minimum absolute atomic E-state index is 0.215. The average Bonchev–Trinajstić information content (AvgIpc) is 2.37. The number of nitriles is 1. The van der Waals surface area contributed by atoms with Gasteiger partial charge in [-0.1, -0.05) is 43.7 Å². The fraction of sp³-hybridized carbons (Fsp3) is 0.500. The molecule has 0 aliphatic heterocycles. The van der Waals surface area contributed by atoms with Gasteiger partial charge in [0, 0.05) is 6.61 Å². The van der Waals surface area contributed by atoms with Crippen LogP contribution in [0.1, 0.15) is 31.2 Å². The van der Waals surface area contributed by atoms with Crippen molar-refractivity contribution in [3.05, 3.63) is 35.9 Å². The molecule has 2 atom stereocenters. The Morgan fingerprint density at radius 2 is 2.06 bits per heavy atom. The lowest BCUT2D eigenvalue weighted by Crippen LogP contribution is -2.23. The van der Waals surface area contributed by atoms with Gasteiger partial charge in [-0.25, -0.2) is 0 Å². The van der Waals surface area contributed by atoms with Crippen LogP contribution >= 0.6 is 0 Å². The normalized spacial score (nSPS) is 13.9. The Morgan fingerprint density at radius 3 is 2.65 bits per heavy atom. The van der Waals surface area contributed by atoms with Crippen LogP contribution in [0.4, 0.5) is 0 Å². The third kappa shape index (κ3) is 4.56. The summed E-state index contributed by atoms with van der Waals surface area (Å²) in [5.74, 6) is -0.516. The Hall–Kier alpha value is -1.37. The van der Waals surface area contributed by atoms with Gasteiger partial charge in [0.2, 0.25) is 0 Å². The number of hydrogen-bond donors (Lipinski definition) is 1. The first-order valence-electron chi connectivity index (χ1n) is 6.00. The average molecular weight is 233 g/mol. The van der Waals surface area contributed by atoms with Crippen LogP contribution in [-0.2, 0) is 4.74 Å². The first-order valence-corrected chi connectivity index (χ1v) is 6.00. The molecule has 1 N–H and O–H groups in total. The molecule has 1 aromatic carbocycles. The van der Waals surface area contributed by atoms with E-state index in [1.54, 1.807) is 0 Å². The van der Waals surface area contributed by atoms with Gasteiger partial charge in [-0.05, 0) is 12.0 Å². The number of aliphatic hydroxyl groups excluding tert-OH is 1. The predicted octanol–water partition coefficient (Wildman–Crippen LogP) is 2.47. The molecule has 0 aromatic heterocycles. The van der Waals surface area contributed by atoms with Crippen molar-refractivity contribution >= 4 is 0 Å². The van der Waals surface area contributed by atoms with E-state index in [0.717, 1.165) is 18.4 Å². The van der Waals surface area contributed by atoms with Crippen LogP contribution in [0.3, 0.4) is 0 Å². The summed E-state index contributed by atoms with van der Waals surface area (Å²) in [7, 11) is 0. The molecule has 92 valence electrons. The molecule has 0 amide bonds. The van der Waals surface area contributed by atoms with E-state index in [2.05, 4.69) is 13.0 Å². The molecule has 0 bridgehead atoms. The zero-order valence-electron chi connectivity index (χ0n) is 10.2. The first kappa shape index (κ1) is 13.7. The van der Waals surface area contributed by atoms with Crippen molar-refractivity contribution in [1.82, 2.24) is 0 Å². The molecule has 0 heterocycles. The second-order valence-electron chi connectivity index (χ2n) is 4.01. The van der Waals surface area contributed by atoms with Crippen LogP contribution in [0, 0.1) is 11.3 Å². The highest BCUT2D eigenvalue weighted by Crippen LogP contribution is 2.19. The summed E-state index contributed by atoms with van der Waals surface area (Å²) in [5, 5.41) is 19.0. The number of hydrogen-bond acceptors (Lipinski definition) is 3. The van der Waals surface area contributed by atoms with E-state index < -0.39 is 12.0 Å². The molecule has 17 heavy (non-hydrogen) atoms. The minimum Gasteiger partial charge on any atom is -0.389 e. The molecule has 1 aromatic rings. The predicted molar refractivity (Wildman–Crippen MR) is 66.5 cm³/mol. The molecule has 3 nitrogen and oxygen atoms in total. The van der Waals surface area contributed by atoms with Crippen molar-refractivity contribution in [2.45, 2.75) is 31.8 Å². The molecular formula is C14H19NO2. The summed E-state index contributed by atoms with van der Waals surface area (Å²) in [6.45, 7) is 2.94. The number of aliphatic hydroxyl groups is 1. The highest BCUT2D eigenvalue weighted by atomic mass is 16.5. The van der Waals surface area contributed by atoms with Crippen LogP contribution in [0.15, 0.2) is 30.3 Å². The fourth-order valence-corrected chi connectivity index (χ4v) is 1.59. The highest BCUT2D eigenvalue weighted by Gasteiger charge is 2.20. The minimum atomic E-state index is -0.765. The second-order valence-corrected chi connectivity index (χ2v) is 4.01. The van der Waals surface area contributed by atoms with E-state index in [4.69, 9.17) is 10.00 Å². The standard InChI is InChI=1S/C14H19NO2/c1-2-3-9-17-11-14(16)13(10-15)12-7-5-4-6-8-12/h4-8,13-14,16H,2-3,9,11H2,1H3. The zero-order valence-corrected chi connectivity index (χ0v) is 10.2. The SMILES string of the molecule is CCCCOCC(O)C(C#N)c1ccccc1. The van der Waals surface area contributed by atoms with Crippen molar-refractivity contribution in [2.75, 3.05) is 13.2 Å². The van der Waals surface area contributed by atoms with Gasteiger partial charge in [-0.15, -0.1) is 0 Å². The van der Waals surface area contributed by atoms with Gasteiger partial charge in [-0.3, -0.25) is 0 Å². The molecule has 0 spiro atoms. The summed E-state index contributed by atoms with van der Waals surface area (Å²) >= 11 is 0. The van der Waals surface area contributed by atoms with Gasteiger partial charge in [0.05, 0.1) is 24.7 Å². The lowest BCUT2D eigenvalue weighted by atomic mass is 9.95. The van der Waals surface area contributed by atoms with E-state index in [9.17, 15) is 5.11 Å². The second kappa shape index (κ2) is 7.83. The number of ether oxygens (including phenoxy) is 1. The van der Waals surface area contributed by atoms with Crippen molar-refractivity contribution in [3.8, 4) is 6.07 Å². The van der Waals surface area contributed by atoms with Crippen LogP contribution < -0.4 is 0 Å². The summed E-state index contributed by atoms with van der Waals surface area (Å²) in [4.78, 5) is 0. The molecule has 0 saturated carbocycles. The monoisotopic (exact) mass is 233 g/mol. The van der Waals surface area contributed by atoms with Crippen LogP contribution in [0.5, 0.6) is 0 Å². The Balaban J connectivity index is 2.48. The molecule has 3 heteroatoms. The Bertz CT molecular complexity index is 345. The quantitative estimate of drug-likeness (QED) is 0.736. The summed E-state index contributed by atoms with van der Waals surface area (Å²) in [5.41, 5.74) is 0.835. The summed E-state index contributed by atoms with van der Waals surface area (Å²) in [6, 6.07) is 11.5. The number of benzene rings is 1. The van der Waals surface area contributed by atoms with Gasteiger partial charge < -0.3 is 9.84 Å². The van der Waals surface area contributed by atoms with Crippen molar-refractivity contribution in [1.29, 1.82) is 5.26 Å². The maximum absolute atomic E-state index is 9.91. The topological polar surface area (TPSA) is 53.2 Å². The van der Waals surface area contributed by atoms with Crippen LogP contribution in [-0.4, -0.2) is 24.4 Å². The number of nitrogens with zero attached hydrogens (tertiary/aromatic N) is 1. The number of unbranched alkanes of at least 4 members (excludes halogenated alkanes) is 1. The van der Waals surface area contributed by atoms with Gasteiger partial charge in [-0.2, -0.15) is 5.26 Å². The van der Waals surface area contributed by atoms with Gasteiger partial charge in [0.1, 0.15) is 0 Å². The summed E-state index contributed by atoms with van der Waals surface area (Å²) < 4.78 is 5.34. The smallest absolute Gasteiger partial charge is 0.0994 e. The molecule has 0 aliphatic rings. The molecule has 2 unspecified atom stereocenters. The molecule has 0 fully saturated rings. The first-order chi connectivity index (χ1) is 8.29. The third-order valence-electron chi connectivity index (χ3n) is 2.61. The lowest BCUT2D eigenvalue weighted by Gasteiger charge is -2.16. The van der Waals surface area contributed by atoms with E-state index in [0.29, 0.717) is 6.61 Å². The largest absolute Gasteiger partial charge is 0.389 e. The maximum Gasteiger partial charge on any atom is 0.0994 e. The maximum atomic E-state index is 9.91. The van der Waals surface area contributed by atoms with Crippen LogP contribution in [0.25, 0.3) is 0 Å². The van der Waals surface area contributed by atoms with Crippen molar-refractivity contribution < 1.29 is 9.84 Å². The van der Waals surface area contributed by atoms with E-state index in [-0.39, 0.29) is 6.61 Å². The van der Waals surface area contributed by atoms with Gasteiger partial charge in [0.15, 0.2) is 0 Å². The van der Waals surface area contributed by atoms with E-state index >= 15 is 0 Å². The molecule has 1 rings (SSSR count). The van der Waals surface area contributed by atoms with Gasteiger partial charge >= 0.3 is 0 Å². The summed E-state index contributed by atoms with van der Waals surface area (Å²) in [6.07, 6.45) is 1.28. The zero-order chi connectivity index (χ0) is 12.5. The third-order valence-corrected chi connectivity index (χ3v) is 2.61. The van der Waals surface area contributed by atoms with Gasteiger partial charge in [0.25, 0.3) is 0 Å². The molecule has 0 saturated heterocycles. The Labute approximate surface area is 103 Å². The van der Waals surface area contributed by atoms with Crippen molar-refractivity contribution in [2.24, 2.45) is 0 Å². The Kier molecular flexibility index (Phi) is 6.31. The van der Waals surface area contributed by atoms with Crippen LogP contribution in [0.2, 0.25) is 0 Å². The van der Waals surface area contributed by atoms with E-state index in [1.807, 2.05) is 30.3 Å². The fourth-order valence-electron chi connectivity index (χ4n) is 1.59.